The minimum absolute atomic E-state index is 0.208. The van der Waals surface area contributed by atoms with Crippen molar-refractivity contribution in [2.45, 2.75) is 32.1 Å². The number of para-hydroxylation sites is 1. The lowest BCUT2D eigenvalue weighted by atomic mass is 9.94. The maximum atomic E-state index is 6.15. The molecule has 0 saturated heterocycles. The van der Waals surface area contributed by atoms with Gasteiger partial charge in [-0.15, -0.1) is 11.6 Å². The van der Waals surface area contributed by atoms with Gasteiger partial charge in [0.05, 0.1) is 7.11 Å². The van der Waals surface area contributed by atoms with Crippen molar-refractivity contribution in [2.24, 2.45) is 5.92 Å². The van der Waals surface area contributed by atoms with Gasteiger partial charge in [-0.2, -0.15) is 0 Å². The van der Waals surface area contributed by atoms with Crippen LogP contribution in [0.2, 0.25) is 0 Å². The second kappa shape index (κ2) is 6.02. The molecule has 1 aromatic rings. The van der Waals surface area contributed by atoms with Gasteiger partial charge in [-0.3, -0.25) is 0 Å². The Morgan fingerprint density at radius 3 is 2.53 bits per heavy atom. The first-order valence-corrected chi connectivity index (χ1v) is 5.88. The van der Waals surface area contributed by atoms with Crippen LogP contribution in [0.4, 0.5) is 0 Å². The van der Waals surface area contributed by atoms with Crippen molar-refractivity contribution in [3.8, 4) is 5.75 Å². The molecule has 0 bridgehead atoms. The normalized spacial score (nSPS) is 14.7. The third-order valence-electron chi connectivity index (χ3n) is 2.85. The highest BCUT2D eigenvalue weighted by molar-refractivity contribution is 6.20. The summed E-state index contributed by atoms with van der Waals surface area (Å²) >= 11 is 6.15. The first kappa shape index (κ1) is 12.4. The topological polar surface area (TPSA) is 9.23 Å². The Bertz CT molecular complexity index is 296. The van der Waals surface area contributed by atoms with Crippen molar-refractivity contribution in [3.63, 3.8) is 0 Å². The van der Waals surface area contributed by atoms with Crippen LogP contribution in [0.3, 0.4) is 0 Å². The SMILES string of the molecule is CCC(Cc1ccccc1OC)C(C)Cl. The summed E-state index contributed by atoms with van der Waals surface area (Å²) in [7, 11) is 1.71. The summed E-state index contributed by atoms with van der Waals surface area (Å²) < 4.78 is 5.33. The summed E-state index contributed by atoms with van der Waals surface area (Å²) in [6.45, 7) is 4.24. The standard InChI is InChI=1S/C13H19ClO/c1-4-11(10(2)14)9-12-7-5-6-8-13(12)15-3/h5-8,10-11H,4,9H2,1-3H3. The molecule has 0 aromatic heterocycles. The Hall–Kier alpha value is -0.690. The molecular weight excluding hydrogens is 208 g/mol. The minimum Gasteiger partial charge on any atom is -0.496 e. The Labute approximate surface area is 97.4 Å². The monoisotopic (exact) mass is 226 g/mol. The second-order valence-electron chi connectivity index (χ2n) is 3.86. The Morgan fingerprint density at radius 2 is 2.00 bits per heavy atom. The first-order valence-electron chi connectivity index (χ1n) is 5.45. The van der Waals surface area contributed by atoms with Crippen molar-refractivity contribution in [1.29, 1.82) is 0 Å². The largest absolute Gasteiger partial charge is 0.496 e. The lowest BCUT2D eigenvalue weighted by Gasteiger charge is -2.18. The molecule has 1 rings (SSSR count). The predicted octanol–water partition coefficient (Wildman–Crippen LogP) is 3.89. The van der Waals surface area contributed by atoms with E-state index in [1.807, 2.05) is 18.2 Å². The molecule has 0 N–H and O–H groups in total. The zero-order valence-electron chi connectivity index (χ0n) is 9.66. The van der Waals surface area contributed by atoms with E-state index in [9.17, 15) is 0 Å². The quantitative estimate of drug-likeness (QED) is 0.693. The first-order chi connectivity index (χ1) is 7.19. The number of ether oxygens (including phenoxy) is 1. The Kier molecular flexibility index (Phi) is 4.97. The zero-order valence-corrected chi connectivity index (χ0v) is 10.4. The molecule has 84 valence electrons. The van der Waals surface area contributed by atoms with Gasteiger partial charge in [-0.05, 0) is 30.9 Å². The molecule has 1 nitrogen and oxygen atoms in total. The summed E-state index contributed by atoms with van der Waals surface area (Å²) in [5, 5.41) is 0.208. The van der Waals surface area contributed by atoms with Gasteiger partial charge in [0, 0.05) is 5.38 Å². The predicted molar refractivity (Wildman–Crippen MR) is 65.8 cm³/mol. The molecule has 0 amide bonds. The molecule has 0 fully saturated rings. The molecule has 0 heterocycles. The van der Waals surface area contributed by atoms with Crippen LogP contribution >= 0.6 is 11.6 Å². The van der Waals surface area contributed by atoms with Crippen molar-refractivity contribution in [2.75, 3.05) is 7.11 Å². The summed E-state index contributed by atoms with van der Waals surface area (Å²) in [6, 6.07) is 8.15. The van der Waals surface area contributed by atoms with E-state index in [1.54, 1.807) is 7.11 Å². The summed E-state index contributed by atoms with van der Waals surface area (Å²) in [6.07, 6.45) is 2.09. The van der Waals surface area contributed by atoms with Gasteiger partial charge in [0.2, 0.25) is 0 Å². The molecule has 0 aliphatic heterocycles. The number of methoxy groups -OCH3 is 1. The van der Waals surface area contributed by atoms with E-state index in [2.05, 4.69) is 19.9 Å². The molecule has 0 radical (unpaired) electrons. The highest BCUT2D eigenvalue weighted by Crippen LogP contribution is 2.25. The van der Waals surface area contributed by atoms with Crippen LogP contribution < -0.4 is 4.74 Å². The van der Waals surface area contributed by atoms with E-state index in [0.717, 1.165) is 18.6 Å². The summed E-state index contributed by atoms with van der Waals surface area (Å²) in [5.74, 6) is 1.48. The molecule has 2 unspecified atom stereocenters. The molecule has 0 aliphatic carbocycles. The lowest BCUT2D eigenvalue weighted by molar-refractivity contribution is 0.401. The van der Waals surface area contributed by atoms with Gasteiger partial charge in [0.1, 0.15) is 5.75 Å². The van der Waals surface area contributed by atoms with Crippen LogP contribution in [0.15, 0.2) is 24.3 Å². The average Bonchev–Trinajstić information content (AvgIpc) is 2.25. The minimum atomic E-state index is 0.208. The van der Waals surface area contributed by atoms with Gasteiger partial charge < -0.3 is 4.74 Å². The highest BCUT2D eigenvalue weighted by Gasteiger charge is 2.15. The zero-order chi connectivity index (χ0) is 11.3. The van der Waals surface area contributed by atoms with Crippen molar-refractivity contribution < 1.29 is 4.74 Å². The number of halogens is 1. The highest BCUT2D eigenvalue weighted by atomic mass is 35.5. The van der Waals surface area contributed by atoms with E-state index in [4.69, 9.17) is 16.3 Å². The summed E-state index contributed by atoms with van der Waals surface area (Å²) in [4.78, 5) is 0. The van der Waals surface area contributed by atoms with Crippen LogP contribution in [0.5, 0.6) is 5.75 Å². The average molecular weight is 227 g/mol. The van der Waals surface area contributed by atoms with E-state index < -0.39 is 0 Å². The number of benzene rings is 1. The van der Waals surface area contributed by atoms with Gasteiger partial charge >= 0.3 is 0 Å². The number of hydrogen-bond acceptors (Lipinski definition) is 1. The second-order valence-corrected chi connectivity index (χ2v) is 4.55. The van der Waals surface area contributed by atoms with Crippen molar-refractivity contribution in [1.82, 2.24) is 0 Å². The van der Waals surface area contributed by atoms with Crippen molar-refractivity contribution in [3.05, 3.63) is 29.8 Å². The molecular formula is C13H19ClO. The maximum absolute atomic E-state index is 6.15. The Balaban J connectivity index is 2.78. The molecule has 1 aromatic carbocycles. The molecule has 2 heteroatoms. The smallest absolute Gasteiger partial charge is 0.122 e. The maximum Gasteiger partial charge on any atom is 0.122 e. The molecule has 0 spiro atoms. The van der Waals surface area contributed by atoms with Crippen LogP contribution in [-0.4, -0.2) is 12.5 Å². The van der Waals surface area contributed by atoms with E-state index in [0.29, 0.717) is 5.92 Å². The molecule has 0 saturated carbocycles. The van der Waals surface area contributed by atoms with Crippen LogP contribution in [-0.2, 0) is 6.42 Å². The van der Waals surface area contributed by atoms with E-state index >= 15 is 0 Å². The number of rotatable bonds is 5. The number of alkyl halides is 1. The van der Waals surface area contributed by atoms with Crippen LogP contribution in [0, 0.1) is 5.92 Å². The van der Waals surface area contributed by atoms with Crippen LogP contribution in [0.1, 0.15) is 25.8 Å². The third-order valence-corrected chi connectivity index (χ3v) is 3.20. The fourth-order valence-corrected chi connectivity index (χ4v) is 2.05. The molecule has 2 atom stereocenters. The Morgan fingerprint density at radius 1 is 1.33 bits per heavy atom. The molecule has 0 aliphatic rings. The van der Waals surface area contributed by atoms with Gasteiger partial charge in [0.15, 0.2) is 0 Å². The van der Waals surface area contributed by atoms with Crippen molar-refractivity contribution >= 4 is 11.6 Å². The lowest BCUT2D eigenvalue weighted by Crippen LogP contribution is -2.13. The fraction of sp³-hybridized carbons (Fsp3) is 0.538. The fourth-order valence-electron chi connectivity index (χ4n) is 1.79. The van der Waals surface area contributed by atoms with Gasteiger partial charge in [0.25, 0.3) is 0 Å². The number of hydrogen-bond donors (Lipinski definition) is 0. The van der Waals surface area contributed by atoms with Crippen LogP contribution in [0.25, 0.3) is 0 Å². The third kappa shape index (κ3) is 3.42. The van der Waals surface area contributed by atoms with Gasteiger partial charge in [-0.25, -0.2) is 0 Å². The van der Waals surface area contributed by atoms with E-state index in [1.165, 1.54) is 5.56 Å². The summed E-state index contributed by atoms with van der Waals surface area (Å²) in [5.41, 5.74) is 1.25. The van der Waals surface area contributed by atoms with Gasteiger partial charge in [-0.1, -0.05) is 31.5 Å². The molecule has 15 heavy (non-hydrogen) atoms. The van der Waals surface area contributed by atoms with E-state index in [-0.39, 0.29) is 5.38 Å².